The molecule has 0 spiro atoms. The van der Waals surface area contributed by atoms with Crippen LogP contribution in [0.25, 0.3) is 0 Å². The van der Waals surface area contributed by atoms with Crippen LogP contribution in [0.3, 0.4) is 0 Å². The standard InChI is InChI=1S/C18H22BrNO/c1-4-20-17(12-14-8-6-5-7-13(14)2)15-9-10-18(21-3)16(19)11-15/h5-11,17,20H,4,12H2,1-3H3. The maximum Gasteiger partial charge on any atom is 0.133 e. The zero-order valence-electron chi connectivity index (χ0n) is 12.8. The van der Waals surface area contributed by atoms with Gasteiger partial charge in [0.1, 0.15) is 5.75 Å². The molecule has 0 aliphatic carbocycles. The summed E-state index contributed by atoms with van der Waals surface area (Å²) in [5.74, 6) is 0.866. The molecule has 2 nitrogen and oxygen atoms in total. The van der Waals surface area contributed by atoms with Gasteiger partial charge in [0.15, 0.2) is 0 Å². The summed E-state index contributed by atoms with van der Waals surface area (Å²) in [6, 6.07) is 15.2. The molecule has 1 atom stereocenters. The van der Waals surface area contributed by atoms with Crippen molar-refractivity contribution in [3.63, 3.8) is 0 Å². The van der Waals surface area contributed by atoms with E-state index in [-0.39, 0.29) is 0 Å². The van der Waals surface area contributed by atoms with Gasteiger partial charge in [0.25, 0.3) is 0 Å². The third kappa shape index (κ3) is 4.08. The number of methoxy groups -OCH3 is 1. The Labute approximate surface area is 135 Å². The Hall–Kier alpha value is -1.32. The molecule has 0 aliphatic rings. The van der Waals surface area contributed by atoms with Gasteiger partial charge in [0, 0.05) is 6.04 Å². The quantitative estimate of drug-likeness (QED) is 0.820. The van der Waals surface area contributed by atoms with E-state index in [0.29, 0.717) is 6.04 Å². The second-order valence-electron chi connectivity index (χ2n) is 5.13. The van der Waals surface area contributed by atoms with Gasteiger partial charge in [0.05, 0.1) is 11.6 Å². The van der Waals surface area contributed by atoms with E-state index in [1.165, 1.54) is 16.7 Å². The van der Waals surface area contributed by atoms with Crippen molar-refractivity contribution in [2.24, 2.45) is 0 Å². The van der Waals surface area contributed by atoms with Gasteiger partial charge in [0.2, 0.25) is 0 Å². The maximum absolute atomic E-state index is 5.31. The van der Waals surface area contributed by atoms with E-state index < -0.39 is 0 Å². The van der Waals surface area contributed by atoms with Gasteiger partial charge < -0.3 is 10.1 Å². The van der Waals surface area contributed by atoms with Gasteiger partial charge in [-0.2, -0.15) is 0 Å². The lowest BCUT2D eigenvalue weighted by molar-refractivity contribution is 0.411. The van der Waals surface area contributed by atoms with Gasteiger partial charge in [-0.1, -0.05) is 37.3 Å². The highest BCUT2D eigenvalue weighted by molar-refractivity contribution is 9.10. The molecule has 0 aromatic heterocycles. The number of hydrogen-bond acceptors (Lipinski definition) is 2. The highest BCUT2D eigenvalue weighted by atomic mass is 79.9. The molecular formula is C18H22BrNO. The maximum atomic E-state index is 5.31. The summed E-state index contributed by atoms with van der Waals surface area (Å²) >= 11 is 3.57. The van der Waals surface area contributed by atoms with Crippen molar-refractivity contribution in [2.45, 2.75) is 26.3 Å². The van der Waals surface area contributed by atoms with E-state index in [1.807, 2.05) is 6.07 Å². The zero-order chi connectivity index (χ0) is 15.2. The van der Waals surface area contributed by atoms with E-state index in [0.717, 1.165) is 23.2 Å². The summed E-state index contributed by atoms with van der Waals surface area (Å²) < 4.78 is 6.31. The van der Waals surface area contributed by atoms with E-state index in [2.05, 4.69) is 71.5 Å². The topological polar surface area (TPSA) is 21.3 Å². The largest absolute Gasteiger partial charge is 0.496 e. The van der Waals surface area contributed by atoms with Crippen LogP contribution >= 0.6 is 15.9 Å². The molecule has 0 bridgehead atoms. The van der Waals surface area contributed by atoms with Crippen molar-refractivity contribution in [1.82, 2.24) is 5.32 Å². The van der Waals surface area contributed by atoms with Crippen LogP contribution < -0.4 is 10.1 Å². The third-order valence-electron chi connectivity index (χ3n) is 3.71. The number of likely N-dealkylation sites (N-methyl/N-ethyl adjacent to an activating group) is 1. The minimum absolute atomic E-state index is 0.304. The van der Waals surface area contributed by atoms with Gasteiger partial charge in [-0.25, -0.2) is 0 Å². The summed E-state index contributed by atoms with van der Waals surface area (Å²) in [5, 5.41) is 3.58. The van der Waals surface area contributed by atoms with Crippen molar-refractivity contribution >= 4 is 15.9 Å². The lowest BCUT2D eigenvalue weighted by Gasteiger charge is -2.20. The van der Waals surface area contributed by atoms with Crippen LogP contribution in [-0.2, 0) is 6.42 Å². The fourth-order valence-corrected chi connectivity index (χ4v) is 3.07. The van der Waals surface area contributed by atoms with Crippen LogP contribution in [0.1, 0.15) is 29.7 Å². The lowest BCUT2D eigenvalue weighted by atomic mass is 9.96. The predicted molar refractivity (Wildman–Crippen MR) is 92.0 cm³/mol. The molecule has 2 aromatic carbocycles. The summed E-state index contributed by atoms with van der Waals surface area (Å²) in [4.78, 5) is 0. The first-order chi connectivity index (χ1) is 10.2. The lowest BCUT2D eigenvalue weighted by Crippen LogP contribution is -2.23. The van der Waals surface area contributed by atoms with Crippen LogP contribution in [-0.4, -0.2) is 13.7 Å². The summed E-state index contributed by atoms with van der Waals surface area (Å²) in [6.07, 6.45) is 0.985. The van der Waals surface area contributed by atoms with Crippen molar-refractivity contribution < 1.29 is 4.74 Å². The highest BCUT2D eigenvalue weighted by Gasteiger charge is 2.14. The van der Waals surface area contributed by atoms with Crippen LogP contribution in [0.2, 0.25) is 0 Å². The highest BCUT2D eigenvalue weighted by Crippen LogP contribution is 2.29. The van der Waals surface area contributed by atoms with Gasteiger partial charge in [-0.3, -0.25) is 0 Å². The molecule has 0 saturated heterocycles. The smallest absolute Gasteiger partial charge is 0.133 e. The first kappa shape index (κ1) is 16.1. The number of ether oxygens (including phenoxy) is 1. The van der Waals surface area contributed by atoms with E-state index in [4.69, 9.17) is 4.74 Å². The van der Waals surface area contributed by atoms with Gasteiger partial charge in [-0.05, 0) is 64.6 Å². The van der Waals surface area contributed by atoms with Crippen molar-refractivity contribution in [3.8, 4) is 5.75 Å². The molecule has 0 radical (unpaired) electrons. The van der Waals surface area contributed by atoms with Crippen molar-refractivity contribution in [2.75, 3.05) is 13.7 Å². The Morgan fingerprint density at radius 3 is 2.57 bits per heavy atom. The van der Waals surface area contributed by atoms with E-state index in [9.17, 15) is 0 Å². The third-order valence-corrected chi connectivity index (χ3v) is 4.33. The van der Waals surface area contributed by atoms with E-state index >= 15 is 0 Å². The summed E-state index contributed by atoms with van der Waals surface area (Å²) in [7, 11) is 1.69. The minimum atomic E-state index is 0.304. The summed E-state index contributed by atoms with van der Waals surface area (Å²) in [5.41, 5.74) is 4.00. The molecule has 0 saturated carbocycles. The number of rotatable bonds is 6. The molecular weight excluding hydrogens is 326 g/mol. The number of nitrogens with one attached hydrogen (secondary N) is 1. The average Bonchev–Trinajstić information content (AvgIpc) is 2.49. The molecule has 21 heavy (non-hydrogen) atoms. The first-order valence-corrected chi connectivity index (χ1v) is 8.06. The molecule has 0 amide bonds. The SMILES string of the molecule is CCNC(Cc1ccccc1C)c1ccc(OC)c(Br)c1. The Balaban J connectivity index is 2.26. The zero-order valence-corrected chi connectivity index (χ0v) is 14.4. The molecule has 2 rings (SSSR count). The molecule has 2 aromatic rings. The number of benzene rings is 2. The monoisotopic (exact) mass is 347 g/mol. The average molecular weight is 348 g/mol. The molecule has 0 aliphatic heterocycles. The predicted octanol–water partition coefficient (Wildman–Crippen LogP) is 4.66. The molecule has 0 fully saturated rings. The van der Waals surface area contributed by atoms with Crippen LogP contribution in [0.15, 0.2) is 46.9 Å². The summed E-state index contributed by atoms with van der Waals surface area (Å²) in [6.45, 7) is 5.26. The Kier molecular flexibility index (Phi) is 5.83. The second kappa shape index (κ2) is 7.62. The Morgan fingerprint density at radius 1 is 1.19 bits per heavy atom. The van der Waals surface area contributed by atoms with Crippen LogP contribution in [0.4, 0.5) is 0 Å². The minimum Gasteiger partial charge on any atom is -0.496 e. The van der Waals surface area contributed by atoms with Gasteiger partial charge in [-0.15, -0.1) is 0 Å². The Morgan fingerprint density at radius 2 is 1.95 bits per heavy atom. The van der Waals surface area contributed by atoms with Crippen LogP contribution in [0.5, 0.6) is 5.75 Å². The number of halogens is 1. The van der Waals surface area contributed by atoms with Crippen LogP contribution in [0, 0.1) is 6.92 Å². The molecule has 3 heteroatoms. The fraction of sp³-hybridized carbons (Fsp3) is 0.333. The van der Waals surface area contributed by atoms with Crippen molar-refractivity contribution in [1.29, 1.82) is 0 Å². The molecule has 0 heterocycles. The number of hydrogen-bond donors (Lipinski definition) is 1. The second-order valence-corrected chi connectivity index (χ2v) is 5.99. The normalized spacial score (nSPS) is 12.2. The fourth-order valence-electron chi connectivity index (χ4n) is 2.51. The Bertz CT molecular complexity index is 598. The number of aryl methyl sites for hydroxylation is 1. The molecule has 112 valence electrons. The van der Waals surface area contributed by atoms with Gasteiger partial charge >= 0.3 is 0 Å². The first-order valence-electron chi connectivity index (χ1n) is 7.27. The van der Waals surface area contributed by atoms with E-state index in [1.54, 1.807) is 7.11 Å². The molecule has 1 unspecified atom stereocenters. The van der Waals surface area contributed by atoms with Crippen molar-refractivity contribution in [3.05, 3.63) is 63.6 Å². The molecule has 1 N–H and O–H groups in total.